The van der Waals surface area contributed by atoms with Crippen molar-refractivity contribution < 1.29 is 9.90 Å². The molecule has 1 unspecified atom stereocenters. The van der Waals surface area contributed by atoms with Crippen LogP contribution in [0.1, 0.15) is 51.2 Å². The summed E-state index contributed by atoms with van der Waals surface area (Å²) in [5, 5.41) is 12.9. The summed E-state index contributed by atoms with van der Waals surface area (Å²) >= 11 is 0. The number of aliphatic hydroxyl groups excluding tert-OH is 1. The van der Waals surface area contributed by atoms with Gasteiger partial charge in [0.25, 0.3) is 0 Å². The van der Waals surface area contributed by atoms with Crippen molar-refractivity contribution in [3.05, 3.63) is 29.8 Å². The Kier molecular flexibility index (Phi) is 7.09. The van der Waals surface area contributed by atoms with Crippen molar-refractivity contribution in [2.45, 2.75) is 45.6 Å². The highest BCUT2D eigenvalue weighted by Crippen LogP contribution is 2.16. The van der Waals surface area contributed by atoms with Crippen molar-refractivity contribution in [3.63, 3.8) is 0 Å². The maximum absolute atomic E-state index is 12.1. The normalized spacial score (nSPS) is 12.4. The van der Waals surface area contributed by atoms with Crippen molar-refractivity contribution in [2.75, 3.05) is 12.3 Å². The van der Waals surface area contributed by atoms with Crippen LogP contribution in [0.15, 0.2) is 24.3 Å². The van der Waals surface area contributed by atoms with Crippen LogP contribution in [0.2, 0.25) is 0 Å². The van der Waals surface area contributed by atoms with Gasteiger partial charge in [-0.3, -0.25) is 4.79 Å². The summed E-state index contributed by atoms with van der Waals surface area (Å²) in [6.45, 7) is 4.41. The largest absolute Gasteiger partial charge is 0.399 e. The molecule has 112 valence electrons. The molecule has 0 saturated carbocycles. The molecular formula is C16H26N2O2. The average molecular weight is 278 g/mol. The van der Waals surface area contributed by atoms with Crippen LogP contribution in [0.4, 0.5) is 5.69 Å². The van der Waals surface area contributed by atoms with Crippen LogP contribution >= 0.6 is 0 Å². The molecule has 0 radical (unpaired) electrons. The summed E-state index contributed by atoms with van der Waals surface area (Å²) in [4.78, 5) is 12.1. The van der Waals surface area contributed by atoms with Crippen molar-refractivity contribution >= 4 is 11.6 Å². The highest BCUT2D eigenvalue weighted by Gasteiger charge is 2.17. The molecule has 0 heterocycles. The number of hydrogen-bond donors (Lipinski definition) is 3. The molecule has 1 aromatic rings. The van der Waals surface area contributed by atoms with E-state index in [9.17, 15) is 9.90 Å². The predicted octanol–water partition coefficient (Wildman–Crippen LogP) is 2.63. The minimum absolute atomic E-state index is 0.0446. The summed E-state index contributed by atoms with van der Waals surface area (Å²) in [7, 11) is 0. The van der Waals surface area contributed by atoms with Gasteiger partial charge >= 0.3 is 0 Å². The van der Waals surface area contributed by atoms with E-state index in [1.807, 2.05) is 0 Å². The Hall–Kier alpha value is -1.55. The van der Waals surface area contributed by atoms with Crippen LogP contribution in [0.5, 0.6) is 0 Å². The van der Waals surface area contributed by atoms with Gasteiger partial charge in [0.1, 0.15) is 0 Å². The number of benzene rings is 1. The summed E-state index contributed by atoms with van der Waals surface area (Å²) in [5.41, 5.74) is 7.03. The lowest BCUT2D eigenvalue weighted by atomic mass is 9.97. The number of hydrogen-bond acceptors (Lipinski definition) is 3. The highest BCUT2D eigenvalue weighted by atomic mass is 16.3. The van der Waals surface area contributed by atoms with E-state index in [4.69, 9.17) is 5.73 Å². The van der Waals surface area contributed by atoms with Crippen LogP contribution in [-0.4, -0.2) is 17.6 Å². The summed E-state index contributed by atoms with van der Waals surface area (Å²) in [5.74, 6) is 0.104. The number of amides is 1. The fraction of sp³-hybridized carbons (Fsp3) is 0.562. The summed E-state index contributed by atoms with van der Waals surface area (Å²) in [6.07, 6.45) is 3.11. The molecule has 0 saturated heterocycles. The number of nitrogens with two attached hydrogens (primary N) is 1. The second-order valence-electron chi connectivity index (χ2n) is 5.20. The molecule has 20 heavy (non-hydrogen) atoms. The zero-order chi connectivity index (χ0) is 15.0. The zero-order valence-corrected chi connectivity index (χ0v) is 12.4. The number of carbonyl (C=O) groups excluding carboxylic acids is 1. The lowest BCUT2D eigenvalue weighted by Crippen LogP contribution is -2.33. The molecule has 1 atom stereocenters. The Balaban J connectivity index is 2.48. The van der Waals surface area contributed by atoms with Gasteiger partial charge in [-0.1, -0.05) is 38.8 Å². The van der Waals surface area contributed by atoms with Gasteiger partial charge in [-0.05, 0) is 30.5 Å². The van der Waals surface area contributed by atoms with E-state index in [1.165, 1.54) is 0 Å². The predicted molar refractivity (Wildman–Crippen MR) is 82.1 cm³/mol. The number of carbonyl (C=O) groups is 1. The molecule has 0 spiro atoms. The molecule has 1 aromatic carbocycles. The molecule has 0 bridgehead atoms. The molecule has 4 heteroatoms. The van der Waals surface area contributed by atoms with Crippen molar-refractivity contribution in [1.82, 2.24) is 5.32 Å². The molecule has 4 N–H and O–H groups in total. The Morgan fingerprint density at radius 3 is 2.25 bits per heavy atom. The van der Waals surface area contributed by atoms with Gasteiger partial charge in [-0.15, -0.1) is 0 Å². The van der Waals surface area contributed by atoms with E-state index in [1.54, 1.807) is 24.3 Å². The molecule has 1 rings (SSSR count). The fourth-order valence-electron chi connectivity index (χ4n) is 2.28. The number of anilines is 1. The van der Waals surface area contributed by atoms with E-state index >= 15 is 0 Å². The van der Waals surface area contributed by atoms with Crippen LogP contribution in [0.25, 0.3) is 0 Å². The number of nitrogen functional groups attached to an aromatic ring is 1. The van der Waals surface area contributed by atoms with Crippen LogP contribution < -0.4 is 11.1 Å². The Bertz CT molecular complexity index is 397. The summed E-state index contributed by atoms with van der Waals surface area (Å²) in [6, 6.07) is 7.05. The third-order valence-electron chi connectivity index (χ3n) is 3.44. The molecule has 0 aromatic heterocycles. The molecule has 0 aliphatic rings. The average Bonchev–Trinajstić information content (AvgIpc) is 2.45. The first kappa shape index (κ1) is 16.5. The lowest BCUT2D eigenvalue weighted by molar-refractivity contribution is -0.125. The SMILES string of the molecule is CCCC(CCC)C(=O)NCC(O)c1ccc(N)cc1. The van der Waals surface area contributed by atoms with E-state index in [0.717, 1.165) is 31.2 Å². The quantitative estimate of drug-likeness (QED) is 0.640. The van der Waals surface area contributed by atoms with E-state index in [2.05, 4.69) is 19.2 Å². The van der Waals surface area contributed by atoms with Gasteiger partial charge in [-0.25, -0.2) is 0 Å². The topological polar surface area (TPSA) is 75.3 Å². The van der Waals surface area contributed by atoms with Gasteiger partial charge in [0.2, 0.25) is 5.91 Å². The maximum Gasteiger partial charge on any atom is 0.223 e. The molecule has 4 nitrogen and oxygen atoms in total. The smallest absolute Gasteiger partial charge is 0.223 e. The van der Waals surface area contributed by atoms with Crippen LogP contribution in [0.3, 0.4) is 0 Å². The maximum atomic E-state index is 12.1. The van der Waals surface area contributed by atoms with Gasteiger partial charge < -0.3 is 16.2 Å². The first-order valence-corrected chi connectivity index (χ1v) is 7.39. The third kappa shape index (κ3) is 5.21. The molecule has 0 aliphatic carbocycles. The second kappa shape index (κ2) is 8.59. The van der Waals surface area contributed by atoms with Crippen molar-refractivity contribution in [2.24, 2.45) is 5.92 Å². The molecule has 0 fully saturated rings. The number of rotatable bonds is 8. The molecular weight excluding hydrogens is 252 g/mol. The first-order valence-electron chi connectivity index (χ1n) is 7.39. The Labute approximate surface area is 121 Å². The van der Waals surface area contributed by atoms with Crippen molar-refractivity contribution in [1.29, 1.82) is 0 Å². The Morgan fingerprint density at radius 1 is 1.20 bits per heavy atom. The second-order valence-corrected chi connectivity index (χ2v) is 5.20. The molecule has 1 amide bonds. The van der Waals surface area contributed by atoms with E-state index in [-0.39, 0.29) is 18.4 Å². The standard InChI is InChI=1S/C16H26N2O2/c1-3-5-13(6-4-2)16(20)18-11-15(19)12-7-9-14(17)10-8-12/h7-10,13,15,19H,3-6,11,17H2,1-2H3,(H,18,20). The lowest BCUT2D eigenvalue weighted by Gasteiger charge is -2.17. The Morgan fingerprint density at radius 2 is 1.75 bits per heavy atom. The zero-order valence-electron chi connectivity index (χ0n) is 12.4. The third-order valence-corrected chi connectivity index (χ3v) is 3.44. The van der Waals surface area contributed by atoms with Crippen molar-refractivity contribution in [3.8, 4) is 0 Å². The highest BCUT2D eigenvalue weighted by molar-refractivity contribution is 5.78. The number of aliphatic hydroxyl groups is 1. The van der Waals surface area contributed by atoms with E-state index in [0.29, 0.717) is 5.69 Å². The molecule has 0 aliphatic heterocycles. The van der Waals surface area contributed by atoms with E-state index < -0.39 is 6.10 Å². The van der Waals surface area contributed by atoms with Gasteiger partial charge in [-0.2, -0.15) is 0 Å². The van der Waals surface area contributed by atoms with Gasteiger partial charge in [0.15, 0.2) is 0 Å². The minimum atomic E-state index is -0.691. The minimum Gasteiger partial charge on any atom is -0.399 e. The summed E-state index contributed by atoms with van der Waals surface area (Å²) < 4.78 is 0. The van der Waals surface area contributed by atoms with Gasteiger partial charge in [0.05, 0.1) is 6.10 Å². The number of nitrogens with one attached hydrogen (secondary N) is 1. The fourth-order valence-corrected chi connectivity index (χ4v) is 2.28. The first-order chi connectivity index (χ1) is 9.58. The van der Waals surface area contributed by atoms with Gasteiger partial charge in [0, 0.05) is 18.2 Å². The van der Waals surface area contributed by atoms with Crippen LogP contribution in [-0.2, 0) is 4.79 Å². The van der Waals surface area contributed by atoms with Crippen LogP contribution in [0, 0.1) is 5.92 Å². The monoisotopic (exact) mass is 278 g/mol.